The van der Waals surface area contributed by atoms with Gasteiger partial charge in [0.1, 0.15) is 0 Å². The van der Waals surface area contributed by atoms with Crippen molar-refractivity contribution in [2.75, 3.05) is 7.11 Å². The molecule has 0 aromatic rings. The van der Waals surface area contributed by atoms with Crippen molar-refractivity contribution >= 4 is 36.9 Å². The third kappa shape index (κ3) is 10.9. The summed E-state index contributed by atoms with van der Waals surface area (Å²) in [6, 6.07) is 0. The average molecular weight is 495 g/mol. The molecule has 0 aliphatic rings. The molecule has 0 fully saturated rings. The second kappa shape index (κ2) is 13.1. The van der Waals surface area contributed by atoms with E-state index in [0.717, 1.165) is 10.0 Å². The zero-order valence-electron chi connectivity index (χ0n) is 17.9. The zero-order valence-corrected chi connectivity index (χ0v) is 21.0. The molecule has 0 unspecified atom stereocenters. The van der Waals surface area contributed by atoms with Crippen LogP contribution in [0.15, 0.2) is 21.8 Å². The molecule has 0 bridgehead atoms. The fourth-order valence-corrected chi connectivity index (χ4v) is 4.49. The first-order valence-corrected chi connectivity index (χ1v) is 13.8. The number of methoxy groups -OCH3 is 1. The minimum Gasteiger partial charge on any atom is -0.466 e. The van der Waals surface area contributed by atoms with E-state index in [0.29, 0.717) is 0 Å². The Morgan fingerprint density at radius 2 is 1.69 bits per heavy atom. The van der Waals surface area contributed by atoms with Gasteiger partial charge in [-0.15, -0.1) is 0 Å². The summed E-state index contributed by atoms with van der Waals surface area (Å²) in [6.07, 6.45) is 14.1. The molecule has 0 aliphatic heterocycles. The number of ether oxygens (including phenoxy) is 1. The van der Waals surface area contributed by atoms with Gasteiger partial charge in [-0.25, -0.2) is 4.79 Å². The van der Waals surface area contributed by atoms with E-state index < -0.39 is 8.32 Å². The van der Waals surface area contributed by atoms with Gasteiger partial charge in [0.15, 0.2) is 8.32 Å². The SMILES string of the molecule is CCCCCCCC[C@@H](O[Si](C)(C)C(C)(C)C)/C(I)=C/C=C/C(=O)OC. The number of esters is 1. The molecule has 0 aromatic heterocycles. The molecule has 0 aliphatic carbocycles. The van der Waals surface area contributed by atoms with Gasteiger partial charge in [-0.1, -0.05) is 78.4 Å². The van der Waals surface area contributed by atoms with Gasteiger partial charge in [0.25, 0.3) is 0 Å². The van der Waals surface area contributed by atoms with E-state index in [-0.39, 0.29) is 17.1 Å². The van der Waals surface area contributed by atoms with Crippen LogP contribution in [0.5, 0.6) is 0 Å². The van der Waals surface area contributed by atoms with E-state index in [1.165, 1.54) is 51.7 Å². The molecule has 0 amide bonds. The fourth-order valence-electron chi connectivity index (χ4n) is 2.29. The van der Waals surface area contributed by atoms with Gasteiger partial charge in [-0.05, 0) is 47.1 Å². The molecule has 0 N–H and O–H groups in total. The first kappa shape index (κ1) is 25.9. The van der Waals surface area contributed by atoms with E-state index in [2.05, 4.69) is 68.1 Å². The number of hydrogen-bond donors (Lipinski definition) is 0. The Balaban J connectivity index is 4.95. The van der Waals surface area contributed by atoms with E-state index in [1.54, 1.807) is 6.08 Å². The first-order valence-electron chi connectivity index (χ1n) is 9.84. The Hall–Kier alpha value is -0.143. The van der Waals surface area contributed by atoms with Crippen LogP contribution in [0.4, 0.5) is 0 Å². The van der Waals surface area contributed by atoms with Crippen molar-refractivity contribution in [3.63, 3.8) is 0 Å². The lowest BCUT2D eigenvalue weighted by molar-refractivity contribution is -0.134. The van der Waals surface area contributed by atoms with Crippen molar-refractivity contribution in [3.05, 3.63) is 21.8 Å². The summed E-state index contributed by atoms with van der Waals surface area (Å²) < 4.78 is 12.5. The number of halogens is 1. The predicted octanol–water partition coefficient (Wildman–Crippen LogP) is 7.18. The molecule has 3 nitrogen and oxygen atoms in total. The molecule has 26 heavy (non-hydrogen) atoms. The van der Waals surface area contributed by atoms with E-state index in [9.17, 15) is 4.79 Å². The molecule has 0 saturated carbocycles. The number of unbranched alkanes of at least 4 members (excludes halogenated alkanes) is 5. The topological polar surface area (TPSA) is 35.5 Å². The summed E-state index contributed by atoms with van der Waals surface area (Å²) in [5, 5.41) is 0.186. The van der Waals surface area contributed by atoms with Crippen LogP contribution in [0.2, 0.25) is 18.1 Å². The highest BCUT2D eigenvalue weighted by atomic mass is 127. The van der Waals surface area contributed by atoms with Crippen molar-refractivity contribution in [1.29, 1.82) is 0 Å². The molecule has 0 heterocycles. The number of carbonyl (C=O) groups excluding carboxylic acids is 1. The molecule has 152 valence electrons. The molecular weight excluding hydrogens is 455 g/mol. The van der Waals surface area contributed by atoms with Crippen LogP contribution in [-0.4, -0.2) is 27.5 Å². The molecule has 1 atom stereocenters. The minimum atomic E-state index is -1.84. The molecule has 0 spiro atoms. The largest absolute Gasteiger partial charge is 0.466 e. The number of allylic oxidation sites excluding steroid dienone is 2. The summed E-state index contributed by atoms with van der Waals surface area (Å²) in [6.45, 7) is 13.7. The number of rotatable bonds is 12. The summed E-state index contributed by atoms with van der Waals surface area (Å²) in [7, 11) is -0.449. The smallest absolute Gasteiger partial charge is 0.330 e. The fraction of sp³-hybridized carbons (Fsp3) is 0.762. The molecule has 0 aromatic carbocycles. The van der Waals surface area contributed by atoms with Gasteiger partial charge in [-0.3, -0.25) is 0 Å². The number of carbonyl (C=O) groups is 1. The van der Waals surface area contributed by atoms with Crippen LogP contribution in [-0.2, 0) is 14.0 Å². The van der Waals surface area contributed by atoms with Gasteiger partial charge in [0.05, 0.1) is 13.2 Å². The quantitative estimate of drug-likeness (QED) is 0.0720. The highest BCUT2D eigenvalue weighted by Crippen LogP contribution is 2.39. The van der Waals surface area contributed by atoms with Crippen LogP contribution >= 0.6 is 22.6 Å². The molecule has 5 heteroatoms. The summed E-state index contributed by atoms with van der Waals surface area (Å²) >= 11 is 2.36. The maximum absolute atomic E-state index is 11.3. The van der Waals surface area contributed by atoms with Crippen molar-refractivity contribution in [2.45, 2.75) is 96.9 Å². The highest BCUT2D eigenvalue weighted by molar-refractivity contribution is 14.1. The predicted molar refractivity (Wildman–Crippen MR) is 123 cm³/mol. The van der Waals surface area contributed by atoms with Gasteiger partial charge >= 0.3 is 5.97 Å². The third-order valence-corrected chi connectivity index (χ3v) is 10.6. The molecular formula is C21H39IO3Si. The van der Waals surface area contributed by atoms with E-state index in [1.807, 2.05) is 6.08 Å². The second-order valence-corrected chi connectivity index (χ2v) is 14.4. The van der Waals surface area contributed by atoms with Crippen molar-refractivity contribution < 1.29 is 14.0 Å². The summed E-state index contributed by atoms with van der Waals surface area (Å²) in [4.78, 5) is 11.3. The minimum absolute atomic E-state index is 0.116. The zero-order chi connectivity index (χ0) is 20.2. The van der Waals surface area contributed by atoms with Crippen LogP contribution in [0.25, 0.3) is 0 Å². The highest BCUT2D eigenvalue weighted by Gasteiger charge is 2.39. The first-order chi connectivity index (χ1) is 12.0. The molecule has 0 saturated heterocycles. The maximum Gasteiger partial charge on any atom is 0.330 e. The van der Waals surface area contributed by atoms with Gasteiger partial charge in [0.2, 0.25) is 0 Å². The monoisotopic (exact) mass is 494 g/mol. The molecule has 0 rings (SSSR count). The van der Waals surface area contributed by atoms with Crippen LogP contribution in [0, 0.1) is 0 Å². The number of hydrogen-bond acceptors (Lipinski definition) is 3. The Kier molecular flexibility index (Phi) is 13.0. The Bertz CT molecular complexity index is 464. The Morgan fingerprint density at radius 1 is 1.12 bits per heavy atom. The second-order valence-electron chi connectivity index (χ2n) is 8.36. The Morgan fingerprint density at radius 3 is 2.23 bits per heavy atom. The van der Waals surface area contributed by atoms with Crippen LogP contribution in [0.3, 0.4) is 0 Å². The van der Waals surface area contributed by atoms with Crippen LogP contribution in [0.1, 0.15) is 72.6 Å². The standard InChI is InChI=1S/C21H39IO3Si/c1-8-9-10-11-12-13-16-19(25-26(6,7)21(2,3)4)18(22)15-14-17-20(23)24-5/h14-15,17,19H,8-13,16H2,1-7H3/b17-14+,18-15-/t19-/m1/s1. The van der Waals surface area contributed by atoms with E-state index in [4.69, 9.17) is 4.43 Å². The van der Waals surface area contributed by atoms with E-state index >= 15 is 0 Å². The Labute approximate surface area is 176 Å². The summed E-state index contributed by atoms with van der Waals surface area (Å²) in [5.41, 5.74) is 0. The lowest BCUT2D eigenvalue weighted by Crippen LogP contribution is -2.44. The maximum atomic E-state index is 11.3. The van der Waals surface area contributed by atoms with Gasteiger partial charge < -0.3 is 9.16 Å². The van der Waals surface area contributed by atoms with Crippen molar-refractivity contribution in [2.24, 2.45) is 0 Å². The lowest BCUT2D eigenvalue weighted by Gasteiger charge is -2.39. The lowest BCUT2D eigenvalue weighted by atomic mass is 10.1. The van der Waals surface area contributed by atoms with Crippen molar-refractivity contribution in [3.8, 4) is 0 Å². The van der Waals surface area contributed by atoms with Crippen LogP contribution < -0.4 is 0 Å². The van der Waals surface area contributed by atoms with Crippen molar-refractivity contribution in [1.82, 2.24) is 0 Å². The normalized spacial score (nSPS) is 14.7. The third-order valence-electron chi connectivity index (χ3n) is 5.06. The molecule has 0 radical (unpaired) electrons. The average Bonchev–Trinajstić information content (AvgIpc) is 2.55. The van der Waals surface area contributed by atoms with Gasteiger partial charge in [0, 0.05) is 9.66 Å². The van der Waals surface area contributed by atoms with Gasteiger partial charge in [-0.2, -0.15) is 0 Å². The summed E-state index contributed by atoms with van der Waals surface area (Å²) in [5.74, 6) is -0.330.